The molecule has 0 N–H and O–H groups in total. The molecule has 0 bridgehead atoms. The molecule has 1 aromatic carbocycles. The van der Waals surface area contributed by atoms with Crippen molar-refractivity contribution in [2.45, 2.75) is 12.4 Å². The molecule has 21 heavy (non-hydrogen) atoms. The van der Waals surface area contributed by atoms with E-state index in [4.69, 9.17) is 21.1 Å². The average Bonchev–Trinajstić information content (AvgIpc) is 2.87. The molecule has 0 amide bonds. The van der Waals surface area contributed by atoms with E-state index in [1.54, 1.807) is 14.2 Å². The van der Waals surface area contributed by atoms with Crippen molar-refractivity contribution in [3.05, 3.63) is 24.0 Å². The Morgan fingerprint density at radius 1 is 1.29 bits per heavy atom. The standard InChI is InChI=1S/C15H22ClN3O2/c1-18(8-9-20-2)6-7-19-14-5-4-12(21-3)10-13(14)17-15(19)11-16/h4-5,10H,6-9,11H2,1-3H3. The van der Waals surface area contributed by atoms with Gasteiger partial charge in [-0.2, -0.15) is 0 Å². The van der Waals surface area contributed by atoms with Crippen LogP contribution in [0.4, 0.5) is 0 Å². The molecule has 1 heterocycles. The Hall–Kier alpha value is -1.30. The van der Waals surface area contributed by atoms with Gasteiger partial charge in [0.1, 0.15) is 11.6 Å². The molecule has 6 heteroatoms. The lowest BCUT2D eigenvalue weighted by atomic mass is 10.3. The molecule has 0 saturated heterocycles. The molecule has 2 rings (SSSR count). The minimum Gasteiger partial charge on any atom is -0.497 e. The van der Waals surface area contributed by atoms with Gasteiger partial charge in [0, 0.05) is 32.8 Å². The van der Waals surface area contributed by atoms with Gasteiger partial charge in [-0.1, -0.05) is 0 Å². The first-order valence-electron chi connectivity index (χ1n) is 6.96. The van der Waals surface area contributed by atoms with Crippen molar-refractivity contribution in [1.29, 1.82) is 0 Å². The lowest BCUT2D eigenvalue weighted by Crippen LogP contribution is -2.27. The van der Waals surface area contributed by atoms with Gasteiger partial charge in [-0.05, 0) is 19.2 Å². The van der Waals surface area contributed by atoms with Crippen LogP contribution >= 0.6 is 11.6 Å². The number of hydrogen-bond donors (Lipinski definition) is 0. The fourth-order valence-electron chi connectivity index (χ4n) is 2.27. The van der Waals surface area contributed by atoms with Crippen LogP contribution in [0.25, 0.3) is 11.0 Å². The van der Waals surface area contributed by atoms with E-state index < -0.39 is 0 Å². The molecule has 0 fully saturated rings. The van der Waals surface area contributed by atoms with Crippen molar-refractivity contribution >= 4 is 22.6 Å². The van der Waals surface area contributed by atoms with E-state index in [0.717, 1.165) is 48.8 Å². The molecule has 0 atom stereocenters. The molecular weight excluding hydrogens is 290 g/mol. The molecular formula is C15H22ClN3O2. The maximum absolute atomic E-state index is 6.03. The number of nitrogens with zero attached hydrogens (tertiary/aromatic N) is 3. The number of rotatable bonds is 8. The van der Waals surface area contributed by atoms with Crippen molar-refractivity contribution in [3.63, 3.8) is 0 Å². The fraction of sp³-hybridized carbons (Fsp3) is 0.533. The Balaban J connectivity index is 2.17. The van der Waals surface area contributed by atoms with Crippen LogP contribution in [0.5, 0.6) is 5.75 Å². The van der Waals surface area contributed by atoms with E-state index in [1.807, 2.05) is 18.2 Å². The lowest BCUT2D eigenvalue weighted by molar-refractivity contribution is 0.159. The summed E-state index contributed by atoms with van der Waals surface area (Å²) in [5, 5.41) is 0. The molecule has 2 aromatic rings. The van der Waals surface area contributed by atoms with Crippen LogP contribution in [0, 0.1) is 0 Å². The molecule has 0 aliphatic heterocycles. The van der Waals surface area contributed by atoms with Crippen LogP contribution in [0.3, 0.4) is 0 Å². The molecule has 0 unspecified atom stereocenters. The molecule has 0 spiro atoms. The predicted molar refractivity (Wildman–Crippen MR) is 85.2 cm³/mol. The number of hydrogen-bond acceptors (Lipinski definition) is 4. The van der Waals surface area contributed by atoms with Gasteiger partial charge in [-0.15, -0.1) is 11.6 Å². The minimum atomic E-state index is 0.402. The zero-order valence-electron chi connectivity index (χ0n) is 12.8. The maximum atomic E-state index is 6.03. The maximum Gasteiger partial charge on any atom is 0.124 e. The Morgan fingerprint density at radius 3 is 2.76 bits per heavy atom. The van der Waals surface area contributed by atoms with Gasteiger partial charge in [0.25, 0.3) is 0 Å². The van der Waals surface area contributed by atoms with Crippen LogP contribution in [0.15, 0.2) is 18.2 Å². The Labute approximate surface area is 130 Å². The number of fused-ring (bicyclic) bond motifs is 1. The number of halogens is 1. The summed E-state index contributed by atoms with van der Waals surface area (Å²) < 4.78 is 12.5. The second-order valence-corrected chi connectivity index (χ2v) is 5.23. The topological polar surface area (TPSA) is 39.5 Å². The second-order valence-electron chi connectivity index (χ2n) is 4.96. The molecule has 0 saturated carbocycles. The van der Waals surface area contributed by atoms with Crippen molar-refractivity contribution in [2.24, 2.45) is 0 Å². The SMILES string of the molecule is COCCN(C)CCn1c(CCl)nc2cc(OC)ccc21. The van der Waals surface area contributed by atoms with Crippen LogP contribution in [-0.2, 0) is 17.2 Å². The zero-order chi connectivity index (χ0) is 15.2. The van der Waals surface area contributed by atoms with Crippen molar-refractivity contribution in [2.75, 3.05) is 41.0 Å². The monoisotopic (exact) mass is 311 g/mol. The highest BCUT2D eigenvalue weighted by atomic mass is 35.5. The van der Waals surface area contributed by atoms with E-state index in [2.05, 4.69) is 21.5 Å². The van der Waals surface area contributed by atoms with Gasteiger partial charge in [-0.25, -0.2) is 4.98 Å². The van der Waals surface area contributed by atoms with Gasteiger partial charge in [0.2, 0.25) is 0 Å². The van der Waals surface area contributed by atoms with Gasteiger partial charge in [0.05, 0.1) is 30.6 Å². The predicted octanol–water partition coefficient (Wildman–Crippen LogP) is 2.36. The lowest BCUT2D eigenvalue weighted by Gasteiger charge is -2.17. The summed E-state index contributed by atoms with van der Waals surface area (Å²) >= 11 is 6.03. The highest BCUT2D eigenvalue weighted by Gasteiger charge is 2.11. The zero-order valence-corrected chi connectivity index (χ0v) is 13.6. The van der Waals surface area contributed by atoms with Crippen LogP contribution in [0.2, 0.25) is 0 Å². The van der Waals surface area contributed by atoms with Gasteiger partial charge < -0.3 is 18.9 Å². The minimum absolute atomic E-state index is 0.402. The molecule has 1 aromatic heterocycles. The number of likely N-dealkylation sites (N-methyl/N-ethyl adjacent to an activating group) is 1. The fourth-order valence-corrected chi connectivity index (χ4v) is 2.47. The third-order valence-corrected chi connectivity index (χ3v) is 3.78. The number of aromatic nitrogens is 2. The summed E-state index contributed by atoms with van der Waals surface area (Å²) in [6.07, 6.45) is 0. The summed E-state index contributed by atoms with van der Waals surface area (Å²) in [5.41, 5.74) is 2.01. The van der Waals surface area contributed by atoms with E-state index in [-0.39, 0.29) is 0 Å². The van der Waals surface area contributed by atoms with Gasteiger partial charge in [-0.3, -0.25) is 0 Å². The molecule has 0 aliphatic rings. The van der Waals surface area contributed by atoms with Crippen molar-refractivity contribution in [3.8, 4) is 5.75 Å². The normalized spacial score (nSPS) is 11.5. The molecule has 116 valence electrons. The molecule has 0 aliphatic carbocycles. The van der Waals surface area contributed by atoms with E-state index in [0.29, 0.717) is 5.88 Å². The third kappa shape index (κ3) is 3.87. The van der Waals surface area contributed by atoms with Crippen LogP contribution < -0.4 is 4.74 Å². The highest BCUT2D eigenvalue weighted by Crippen LogP contribution is 2.22. The summed E-state index contributed by atoms with van der Waals surface area (Å²) in [7, 11) is 5.46. The van der Waals surface area contributed by atoms with Crippen molar-refractivity contribution < 1.29 is 9.47 Å². The summed E-state index contributed by atoms with van der Waals surface area (Å²) in [6.45, 7) is 3.42. The van der Waals surface area contributed by atoms with Gasteiger partial charge in [0.15, 0.2) is 0 Å². The van der Waals surface area contributed by atoms with Crippen LogP contribution in [0.1, 0.15) is 5.82 Å². The third-order valence-electron chi connectivity index (χ3n) is 3.54. The quantitative estimate of drug-likeness (QED) is 0.702. The summed E-state index contributed by atoms with van der Waals surface area (Å²) in [5.74, 6) is 2.10. The van der Waals surface area contributed by atoms with Crippen molar-refractivity contribution in [1.82, 2.24) is 14.5 Å². The Morgan fingerprint density at radius 2 is 2.10 bits per heavy atom. The summed E-state index contributed by atoms with van der Waals surface area (Å²) in [6, 6.07) is 5.93. The van der Waals surface area contributed by atoms with E-state index in [9.17, 15) is 0 Å². The Bertz CT molecular complexity index is 586. The number of benzene rings is 1. The highest BCUT2D eigenvalue weighted by molar-refractivity contribution is 6.16. The van der Waals surface area contributed by atoms with E-state index >= 15 is 0 Å². The molecule has 0 radical (unpaired) electrons. The second kappa shape index (κ2) is 7.64. The molecule has 5 nitrogen and oxygen atoms in total. The van der Waals surface area contributed by atoms with Gasteiger partial charge >= 0.3 is 0 Å². The first kappa shape index (κ1) is 16.1. The first-order valence-corrected chi connectivity index (χ1v) is 7.49. The number of imidazole rings is 1. The average molecular weight is 312 g/mol. The summed E-state index contributed by atoms with van der Waals surface area (Å²) in [4.78, 5) is 6.82. The smallest absolute Gasteiger partial charge is 0.124 e. The number of alkyl halides is 1. The van der Waals surface area contributed by atoms with E-state index in [1.165, 1.54) is 0 Å². The Kier molecular flexibility index (Phi) is 5.85. The number of ether oxygens (including phenoxy) is 2. The number of methoxy groups -OCH3 is 2. The first-order chi connectivity index (χ1) is 10.2. The van der Waals surface area contributed by atoms with Crippen LogP contribution in [-0.4, -0.2) is 55.4 Å². The largest absolute Gasteiger partial charge is 0.497 e.